The van der Waals surface area contributed by atoms with Crippen LogP contribution in [-0.4, -0.2) is 18.3 Å². The fourth-order valence-corrected chi connectivity index (χ4v) is 1.70. The molecule has 0 radical (unpaired) electrons. The largest absolute Gasteiger partial charge is 0.359 e. The average Bonchev–Trinajstić information content (AvgIpc) is 2.72. The molecule has 7 heteroatoms. The highest BCUT2D eigenvalue weighted by Gasteiger charge is 2.05. The van der Waals surface area contributed by atoms with Gasteiger partial charge in [-0.2, -0.15) is 8.75 Å². The van der Waals surface area contributed by atoms with Crippen LogP contribution < -0.4 is 5.32 Å². The van der Waals surface area contributed by atoms with Crippen LogP contribution in [0.4, 0.5) is 5.82 Å². The van der Waals surface area contributed by atoms with E-state index >= 15 is 0 Å². The van der Waals surface area contributed by atoms with Gasteiger partial charge in [0.2, 0.25) is 0 Å². The zero-order valence-electron chi connectivity index (χ0n) is 7.44. The molecular formula is C7H8ClN5S. The summed E-state index contributed by atoms with van der Waals surface area (Å²) in [5.41, 5.74) is 0. The quantitative estimate of drug-likeness (QED) is 0.868. The van der Waals surface area contributed by atoms with E-state index in [1.54, 1.807) is 6.20 Å². The summed E-state index contributed by atoms with van der Waals surface area (Å²) in [5.74, 6) is 1.54. The maximum absolute atomic E-state index is 5.77. The smallest absolute Gasteiger partial charge is 0.186 e. The lowest BCUT2D eigenvalue weighted by Gasteiger charge is -2.02. The Hall–Kier alpha value is -1.14. The van der Waals surface area contributed by atoms with Gasteiger partial charge in [-0.1, -0.05) is 11.6 Å². The molecule has 2 rings (SSSR count). The molecular weight excluding hydrogens is 222 g/mol. The van der Waals surface area contributed by atoms with Crippen LogP contribution in [0.5, 0.6) is 0 Å². The van der Waals surface area contributed by atoms with Gasteiger partial charge >= 0.3 is 0 Å². The Morgan fingerprint density at radius 1 is 1.57 bits per heavy atom. The first-order chi connectivity index (χ1) is 6.77. The number of rotatable bonds is 3. The van der Waals surface area contributed by atoms with Crippen molar-refractivity contribution < 1.29 is 0 Å². The van der Waals surface area contributed by atoms with E-state index in [4.69, 9.17) is 11.6 Å². The Morgan fingerprint density at radius 2 is 2.43 bits per heavy atom. The Labute approximate surface area is 90.1 Å². The Morgan fingerprint density at radius 3 is 3.00 bits per heavy atom. The van der Waals surface area contributed by atoms with Crippen LogP contribution in [0.15, 0.2) is 12.4 Å². The second kappa shape index (κ2) is 3.93. The van der Waals surface area contributed by atoms with E-state index in [0.29, 0.717) is 17.5 Å². The van der Waals surface area contributed by atoms with E-state index in [2.05, 4.69) is 19.0 Å². The Balaban J connectivity index is 2.02. The molecule has 0 aromatic carbocycles. The first-order valence-electron chi connectivity index (χ1n) is 3.95. The van der Waals surface area contributed by atoms with Crippen molar-refractivity contribution in [3.63, 3.8) is 0 Å². The Bertz CT molecular complexity index is 383. The second-order valence-electron chi connectivity index (χ2n) is 2.71. The number of halogens is 1. The van der Waals surface area contributed by atoms with Crippen molar-refractivity contribution in [3.8, 4) is 0 Å². The fraction of sp³-hybridized carbons (Fsp3) is 0.286. The summed E-state index contributed by atoms with van der Waals surface area (Å²) in [5, 5.41) is 3.46. The minimum Gasteiger partial charge on any atom is -0.359 e. The number of aromatic nitrogens is 4. The lowest BCUT2D eigenvalue weighted by Crippen LogP contribution is -2.05. The van der Waals surface area contributed by atoms with Crippen molar-refractivity contribution >= 4 is 29.1 Å². The zero-order chi connectivity index (χ0) is 9.97. The van der Waals surface area contributed by atoms with Gasteiger partial charge in [0.1, 0.15) is 5.82 Å². The van der Waals surface area contributed by atoms with E-state index < -0.39 is 0 Å². The molecule has 74 valence electrons. The van der Waals surface area contributed by atoms with Crippen molar-refractivity contribution in [2.45, 2.75) is 6.54 Å². The lowest BCUT2D eigenvalue weighted by molar-refractivity contribution is 0.811. The van der Waals surface area contributed by atoms with Crippen LogP contribution in [0.1, 0.15) is 5.82 Å². The molecule has 0 saturated carbocycles. The van der Waals surface area contributed by atoms with Gasteiger partial charge in [-0.05, 0) is 0 Å². The number of hydrogen-bond donors (Lipinski definition) is 1. The van der Waals surface area contributed by atoms with Crippen LogP contribution in [0.2, 0.25) is 5.15 Å². The molecule has 2 aromatic heterocycles. The predicted octanol–water partition coefficient (Wildman–Crippen LogP) is 1.54. The molecule has 0 aliphatic heterocycles. The third-order valence-corrected chi connectivity index (χ3v) is 2.68. The molecule has 0 aliphatic rings. The summed E-state index contributed by atoms with van der Waals surface area (Å²) in [6.07, 6.45) is 3.63. The molecule has 2 heterocycles. The molecule has 1 N–H and O–H groups in total. The molecule has 2 aromatic rings. The molecule has 5 nitrogen and oxygen atoms in total. The number of aryl methyl sites for hydroxylation is 1. The standard InChI is InChI=1S/C7H8ClN5S/c1-13-3-2-9-5(13)4-10-7-6(8)11-14-12-7/h2-3H,4H2,1H3,(H,10,12). The first kappa shape index (κ1) is 9.42. The van der Waals surface area contributed by atoms with Gasteiger partial charge < -0.3 is 9.88 Å². The number of imidazole rings is 1. The second-order valence-corrected chi connectivity index (χ2v) is 3.60. The van der Waals surface area contributed by atoms with Crippen molar-refractivity contribution in [1.29, 1.82) is 0 Å². The monoisotopic (exact) mass is 229 g/mol. The van der Waals surface area contributed by atoms with Crippen molar-refractivity contribution in [1.82, 2.24) is 18.3 Å². The summed E-state index contributed by atoms with van der Waals surface area (Å²) in [6.45, 7) is 0.592. The van der Waals surface area contributed by atoms with E-state index in [1.807, 2.05) is 17.8 Å². The summed E-state index contributed by atoms with van der Waals surface area (Å²) in [4.78, 5) is 4.16. The van der Waals surface area contributed by atoms with Crippen LogP contribution in [0, 0.1) is 0 Å². The van der Waals surface area contributed by atoms with Gasteiger partial charge in [-0.25, -0.2) is 4.98 Å². The Kier molecular flexibility index (Phi) is 2.64. The maximum atomic E-state index is 5.77. The van der Waals surface area contributed by atoms with Gasteiger partial charge in [0, 0.05) is 19.4 Å². The molecule has 0 saturated heterocycles. The molecule has 0 fully saturated rings. The lowest BCUT2D eigenvalue weighted by atomic mass is 10.5. The van der Waals surface area contributed by atoms with Gasteiger partial charge in [0.05, 0.1) is 18.3 Å². The van der Waals surface area contributed by atoms with E-state index in [0.717, 1.165) is 17.6 Å². The van der Waals surface area contributed by atoms with Crippen LogP contribution in [0.25, 0.3) is 0 Å². The molecule has 0 spiro atoms. The summed E-state index contributed by atoms with van der Waals surface area (Å²) < 4.78 is 9.77. The highest BCUT2D eigenvalue weighted by Crippen LogP contribution is 2.18. The highest BCUT2D eigenvalue weighted by atomic mass is 35.5. The molecule has 0 unspecified atom stereocenters. The number of anilines is 1. The number of hydrogen-bond acceptors (Lipinski definition) is 5. The minimum atomic E-state index is 0.407. The van der Waals surface area contributed by atoms with Crippen LogP contribution >= 0.6 is 23.3 Å². The third-order valence-electron chi connectivity index (χ3n) is 1.78. The zero-order valence-corrected chi connectivity index (χ0v) is 9.01. The van der Waals surface area contributed by atoms with E-state index in [-0.39, 0.29) is 0 Å². The van der Waals surface area contributed by atoms with Gasteiger partial charge in [-0.15, -0.1) is 0 Å². The van der Waals surface area contributed by atoms with Gasteiger partial charge in [-0.3, -0.25) is 0 Å². The van der Waals surface area contributed by atoms with E-state index in [1.165, 1.54) is 0 Å². The van der Waals surface area contributed by atoms with Crippen LogP contribution in [-0.2, 0) is 13.6 Å². The van der Waals surface area contributed by atoms with Crippen LogP contribution in [0.3, 0.4) is 0 Å². The maximum Gasteiger partial charge on any atom is 0.186 e. The molecule has 0 atom stereocenters. The summed E-state index contributed by atoms with van der Waals surface area (Å²) >= 11 is 6.85. The molecule has 0 bridgehead atoms. The van der Waals surface area contributed by atoms with Crippen molar-refractivity contribution in [2.75, 3.05) is 5.32 Å². The van der Waals surface area contributed by atoms with E-state index in [9.17, 15) is 0 Å². The molecule has 0 aliphatic carbocycles. The third kappa shape index (κ3) is 1.85. The first-order valence-corrected chi connectivity index (χ1v) is 5.06. The SMILES string of the molecule is Cn1ccnc1CNc1nsnc1Cl. The molecule has 0 amide bonds. The number of nitrogens with one attached hydrogen (secondary N) is 1. The van der Waals surface area contributed by atoms with Gasteiger partial charge in [0.25, 0.3) is 0 Å². The predicted molar refractivity (Wildman–Crippen MR) is 55.5 cm³/mol. The summed E-state index contributed by atoms with van der Waals surface area (Å²) in [6, 6.07) is 0. The normalized spacial score (nSPS) is 10.4. The summed E-state index contributed by atoms with van der Waals surface area (Å²) in [7, 11) is 1.94. The minimum absolute atomic E-state index is 0.407. The van der Waals surface area contributed by atoms with Crippen molar-refractivity contribution in [3.05, 3.63) is 23.4 Å². The molecule has 14 heavy (non-hydrogen) atoms. The average molecular weight is 230 g/mol. The van der Waals surface area contributed by atoms with Gasteiger partial charge in [0.15, 0.2) is 11.0 Å². The topological polar surface area (TPSA) is 55.6 Å². The van der Waals surface area contributed by atoms with Crippen molar-refractivity contribution in [2.24, 2.45) is 7.05 Å². The number of nitrogens with zero attached hydrogens (tertiary/aromatic N) is 4. The fourth-order valence-electron chi connectivity index (χ4n) is 1.01. The highest BCUT2D eigenvalue weighted by molar-refractivity contribution is 6.99.